The first kappa shape index (κ1) is 12.2. The fraction of sp³-hybridized carbons (Fsp3) is 0.571. The van der Waals surface area contributed by atoms with Gasteiger partial charge in [-0.05, 0) is 49.1 Å². The normalized spacial score (nSPS) is 30.8. The number of halogens is 1. The Labute approximate surface area is 107 Å². The summed E-state index contributed by atoms with van der Waals surface area (Å²) in [6, 6.07) is 5.69. The summed E-state index contributed by atoms with van der Waals surface area (Å²) >= 11 is 0. The second-order valence-electron chi connectivity index (χ2n) is 5.65. The number of hydrogen-bond acceptors (Lipinski definition) is 2. The molecule has 2 aliphatic carbocycles. The number of sulfone groups is 1. The van der Waals surface area contributed by atoms with Gasteiger partial charge in [0.15, 0.2) is 9.84 Å². The van der Waals surface area contributed by atoms with E-state index in [-0.39, 0.29) is 16.6 Å². The van der Waals surface area contributed by atoms with Crippen LogP contribution in [0.1, 0.15) is 25.7 Å². The molecule has 2 fully saturated rings. The molecule has 98 valence electrons. The zero-order valence-electron chi connectivity index (χ0n) is 10.2. The van der Waals surface area contributed by atoms with E-state index in [9.17, 15) is 12.8 Å². The number of benzene rings is 1. The van der Waals surface area contributed by atoms with Crippen LogP contribution in [0.15, 0.2) is 29.2 Å². The first-order valence-corrected chi connectivity index (χ1v) is 8.19. The van der Waals surface area contributed by atoms with E-state index < -0.39 is 15.7 Å². The van der Waals surface area contributed by atoms with Crippen molar-refractivity contribution in [3.05, 3.63) is 30.1 Å². The van der Waals surface area contributed by atoms with Crippen LogP contribution in [0, 0.1) is 23.6 Å². The molecule has 0 heterocycles. The molecule has 2 saturated carbocycles. The summed E-state index contributed by atoms with van der Waals surface area (Å²) in [4.78, 5) is -0.132. The van der Waals surface area contributed by atoms with Crippen molar-refractivity contribution < 1.29 is 12.8 Å². The molecule has 18 heavy (non-hydrogen) atoms. The third-order valence-corrected chi connectivity index (χ3v) is 6.36. The van der Waals surface area contributed by atoms with Gasteiger partial charge in [0.1, 0.15) is 10.7 Å². The van der Waals surface area contributed by atoms with Crippen LogP contribution in [0.5, 0.6) is 0 Å². The summed E-state index contributed by atoms with van der Waals surface area (Å²) in [5, 5.41) is 0. The van der Waals surface area contributed by atoms with Crippen molar-refractivity contribution in [3.63, 3.8) is 0 Å². The molecule has 0 N–H and O–H groups in total. The highest BCUT2D eigenvalue weighted by Crippen LogP contribution is 2.49. The molecule has 2 bridgehead atoms. The first-order valence-electron chi connectivity index (χ1n) is 6.53. The standard InChI is InChI=1S/C14H17FO2S/c15-13-3-1-2-4-14(13)18(16,17)9-12-8-10-5-6-11(12)7-10/h1-4,10-12H,5-9H2. The van der Waals surface area contributed by atoms with Gasteiger partial charge in [-0.2, -0.15) is 0 Å². The van der Waals surface area contributed by atoms with Gasteiger partial charge in [-0.15, -0.1) is 0 Å². The van der Waals surface area contributed by atoms with E-state index >= 15 is 0 Å². The van der Waals surface area contributed by atoms with Crippen LogP contribution in [-0.4, -0.2) is 14.2 Å². The van der Waals surface area contributed by atoms with Gasteiger partial charge in [-0.1, -0.05) is 18.6 Å². The van der Waals surface area contributed by atoms with E-state index in [4.69, 9.17) is 0 Å². The molecular formula is C14H17FO2S. The van der Waals surface area contributed by atoms with Crippen LogP contribution >= 0.6 is 0 Å². The van der Waals surface area contributed by atoms with E-state index in [1.807, 2.05) is 0 Å². The molecule has 3 unspecified atom stereocenters. The topological polar surface area (TPSA) is 34.1 Å². The monoisotopic (exact) mass is 268 g/mol. The van der Waals surface area contributed by atoms with Crippen molar-refractivity contribution in [3.8, 4) is 0 Å². The third kappa shape index (κ3) is 2.07. The lowest BCUT2D eigenvalue weighted by Crippen LogP contribution is -2.22. The third-order valence-electron chi connectivity index (χ3n) is 4.49. The first-order chi connectivity index (χ1) is 8.56. The largest absolute Gasteiger partial charge is 0.224 e. The maximum Gasteiger partial charge on any atom is 0.181 e. The van der Waals surface area contributed by atoms with Crippen LogP contribution in [0.25, 0.3) is 0 Å². The van der Waals surface area contributed by atoms with E-state index in [1.165, 1.54) is 31.0 Å². The molecule has 2 nitrogen and oxygen atoms in total. The molecule has 2 aliphatic rings. The van der Waals surface area contributed by atoms with Crippen LogP contribution < -0.4 is 0 Å². The van der Waals surface area contributed by atoms with Gasteiger partial charge in [-0.25, -0.2) is 12.8 Å². The molecule has 3 rings (SSSR count). The van der Waals surface area contributed by atoms with Crippen LogP contribution in [0.4, 0.5) is 4.39 Å². The minimum Gasteiger partial charge on any atom is -0.224 e. The van der Waals surface area contributed by atoms with E-state index in [0.717, 1.165) is 18.8 Å². The molecule has 0 aromatic heterocycles. The lowest BCUT2D eigenvalue weighted by atomic mass is 9.90. The fourth-order valence-corrected chi connectivity index (χ4v) is 5.45. The van der Waals surface area contributed by atoms with Crippen molar-refractivity contribution in [2.45, 2.75) is 30.6 Å². The minimum atomic E-state index is -3.47. The average molecular weight is 268 g/mol. The average Bonchev–Trinajstić information content (AvgIpc) is 2.90. The second-order valence-corrected chi connectivity index (χ2v) is 7.65. The smallest absolute Gasteiger partial charge is 0.181 e. The summed E-state index contributed by atoms with van der Waals surface area (Å²) in [5.41, 5.74) is 0. The zero-order valence-corrected chi connectivity index (χ0v) is 11.0. The van der Waals surface area contributed by atoms with Gasteiger partial charge in [0.05, 0.1) is 5.75 Å². The Hall–Kier alpha value is -0.900. The molecule has 0 spiro atoms. The molecule has 1 aromatic rings. The molecule has 0 saturated heterocycles. The highest BCUT2D eigenvalue weighted by Gasteiger charge is 2.41. The lowest BCUT2D eigenvalue weighted by Gasteiger charge is -2.21. The van der Waals surface area contributed by atoms with E-state index in [1.54, 1.807) is 6.07 Å². The van der Waals surface area contributed by atoms with E-state index in [0.29, 0.717) is 5.92 Å². The Morgan fingerprint density at radius 2 is 1.94 bits per heavy atom. The van der Waals surface area contributed by atoms with Gasteiger partial charge in [-0.3, -0.25) is 0 Å². The lowest BCUT2D eigenvalue weighted by molar-refractivity contribution is 0.360. The summed E-state index contributed by atoms with van der Waals surface area (Å²) in [5.74, 6) is 1.01. The Morgan fingerprint density at radius 1 is 1.17 bits per heavy atom. The van der Waals surface area contributed by atoms with Crippen molar-refractivity contribution in [1.82, 2.24) is 0 Å². The van der Waals surface area contributed by atoms with Crippen molar-refractivity contribution in [2.75, 3.05) is 5.75 Å². The summed E-state index contributed by atoms with van der Waals surface area (Å²) in [7, 11) is -3.47. The molecule has 0 radical (unpaired) electrons. The van der Waals surface area contributed by atoms with Crippen molar-refractivity contribution in [2.24, 2.45) is 17.8 Å². The molecule has 0 amide bonds. The number of hydrogen-bond donors (Lipinski definition) is 0. The quantitative estimate of drug-likeness (QED) is 0.844. The summed E-state index contributed by atoms with van der Waals surface area (Å²) < 4.78 is 38.1. The minimum absolute atomic E-state index is 0.120. The Bertz CT molecular complexity index is 553. The van der Waals surface area contributed by atoms with Gasteiger partial charge in [0.2, 0.25) is 0 Å². The Morgan fingerprint density at radius 3 is 2.56 bits per heavy atom. The van der Waals surface area contributed by atoms with Gasteiger partial charge in [0.25, 0.3) is 0 Å². The highest BCUT2D eigenvalue weighted by atomic mass is 32.2. The number of rotatable bonds is 3. The van der Waals surface area contributed by atoms with Crippen LogP contribution in [0.3, 0.4) is 0 Å². The maximum atomic E-state index is 13.6. The van der Waals surface area contributed by atoms with Gasteiger partial charge in [0, 0.05) is 0 Å². The molecule has 0 aliphatic heterocycles. The van der Waals surface area contributed by atoms with Crippen LogP contribution in [-0.2, 0) is 9.84 Å². The predicted molar refractivity (Wildman–Crippen MR) is 67.4 cm³/mol. The summed E-state index contributed by atoms with van der Waals surface area (Å²) in [6.07, 6.45) is 4.60. The molecule has 3 atom stereocenters. The van der Waals surface area contributed by atoms with E-state index in [2.05, 4.69) is 0 Å². The molecular weight excluding hydrogens is 251 g/mol. The number of fused-ring (bicyclic) bond motifs is 2. The van der Waals surface area contributed by atoms with Crippen LogP contribution in [0.2, 0.25) is 0 Å². The Balaban J connectivity index is 1.82. The molecule has 4 heteroatoms. The SMILES string of the molecule is O=S(=O)(CC1CC2CCC1C2)c1ccccc1F. The summed E-state index contributed by atoms with van der Waals surface area (Å²) in [6.45, 7) is 0. The van der Waals surface area contributed by atoms with Crippen molar-refractivity contribution in [1.29, 1.82) is 0 Å². The maximum absolute atomic E-state index is 13.6. The molecule has 1 aromatic carbocycles. The highest BCUT2D eigenvalue weighted by molar-refractivity contribution is 7.91. The Kier molecular flexibility index (Phi) is 2.93. The van der Waals surface area contributed by atoms with Gasteiger partial charge < -0.3 is 0 Å². The van der Waals surface area contributed by atoms with Crippen molar-refractivity contribution >= 4 is 9.84 Å². The second kappa shape index (κ2) is 4.34. The predicted octanol–water partition coefficient (Wildman–Crippen LogP) is 3.04. The van der Waals surface area contributed by atoms with Gasteiger partial charge >= 0.3 is 0 Å². The zero-order chi connectivity index (χ0) is 12.8. The fourth-order valence-electron chi connectivity index (χ4n) is 3.65.